The molecule has 4 nitrogen and oxygen atoms in total. The van der Waals surface area contributed by atoms with Gasteiger partial charge in [0.1, 0.15) is 12.9 Å². The molecule has 4 heteroatoms. The van der Waals surface area contributed by atoms with Crippen molar-refractivity contribution in [3.8, 4) is 0 Å². The number of likely N-dealkylation sites (N-methyl/N-ethyl adjacent to an activating group) is 1. The number of ether oxygens (including phenoxy) is 2. The van der Waals surface area contributed by atoms with Crippen LogP contribution in [0.1, 0.15) is 20.3 Å². The number of rotatable bonds is 6. The molecule has 1 rings (SSSR count). The molecule has 0 aliphatic carbocycles. The fourth-order valence-corrected chi connectivity index (χ4v) is 1.52. The van der Waals surface area contributed by atoms with E-state index in [9.17, 15) is 4.79 Å². The van der Waals surface area contributed by atoms with Crippen molar-refractivity contribution >= 4 is 5.78 Å². The van der Waals surface area contributed by atoms with E-state index in [2.05, 4.69) is 5.32 Å². The molecule has 0 aromatic heterocycles. The van der Waals surface area contributed by atoms with Crippen LogP contribution in [-0.4, -0.2) is 38.4 Å². The number of ketones is 1. The summed E-state index contributed by atoms with van der Waals surface area (Å²) in [5, 5.41) is 2.95. The van der Waals surface area contributed by atoms with Crippen molar-refractivity contribution in [3.05, 3.63) is 23.8 Å². The van der Waals surface area contributed by atoms with Crippen LogP contribution >= 0.6 is 0 Å². The maximum absolute atomic E-state index is 12.0. The molecule has 1 heterocycles. The number of nitrogens with one attached hydrogen (secondary N) is 1. The van der Waals surface area contributed by atoms with E-state index in [-0.39, 0.29) is 17.9 Å². The fourth-order valence-electron chi connectivity index (χ4n) is 1.52. The first-order valence-electron chi connectivity index (χ1n) is 5.98. The second-order valence-corrected chi connectivity index (χ2v) is 4.00. The predicted molar refractivity (Wildman–Crippen MR) is 66.7 cm³/mol. The SMILES string of the molecule is CC/C=C(\C=C/C1COCO1)C(=O)[C@@H](C)NC. The van der Waals surface area contributed by atoms with Gasteiger partial charge >= 0.3 is 0 Å². The molecule has 1 aliphatic rings. The number of hydrogen-bond donors (Lipinski definition) is 1. The third-order valence-electron chi connectivity index (χ3n) is 2.67. The van der Waals surface area contributed by atoms with E-state index in [0.717, 1.165) is 12.0 Å². The normalized spacial score (nSPS) is 23.2. The van der Waals surface area contributed by atoms with E-state index in [1.165, 1.54) is 0 Å². The Balaban J connectivity index is 2.65. The number of allylic oxidation sites excluding steroid dienone is 2. The Morgan fingerprint density at radius 1 is 1.59 bits per heavy atom. The average molecular weight is 239 g/mol. The summed E-state index contributed by atoms with van der Waals surface area (Å²) >= 11 is 0. The Kier molecular flexibility index (Phi) is 6.11. The van der Waals surface area contributed by atoms with Crippen LogP contribution < -0.4 is 5.32 Å². The lowest BCUT2D eigenvalue weighted by atomic mass is 10.0. The molecular formula is C13H21NO3. The van der Waals surface area contributed by atoms with Crippen molar-refractivity contribution < 1.29 is 14.3 Å². The third-order valence-corrected chi connectivity index (χ3v) is 2.67. The van der Waals surface area contributed by atoms with Crippen LogP contribution in [0.15, 0.2) is 23.8 Å². The van der Waals surface area contributed by atoms with Gasteiger partial charge in [-0.15, -0.1) is 0 Å². The fraction of sp³-hybridized carbons (Fsp3) is 0.615. The summed E-state index contributed by atoms with van der Waals surface area (Å²) in [5.74, 6) is 0.101. The molecule has 0 aromatic rings. The zero-order chi connectivity index (χ0) is 12.7. The van der Waals surface area contributed by atoms with Gasteiger partial charge in [-0.05, 0) is 20.4 Å². The van der Waals surface area contributed by atoms with Crippen molar-refractivity contribution in [2.24, 2.45) is 0 Å². The molecule has 0 aromatic carbocycles. The predicted octanol–water partition coefficient (Wildman–Crippen LogP) is 1.43. The molecule has 96 valence electrons. The van der Waals surface area contributed by atoms with Crippen molar-refractivity contribution in [3.63, 3.8) is 0 Å². The number of hydrogen-bond acceptors (Lipinski definition) is 4. The molecule has 0 bridgehead atoms. The topological polar surface area (TPSA) is 47.6 Å². The van der Waals surface area contributed by atoms with Gasteiger partial charge in [-0.25, -0.2) is 0 Å². The van der Waals surface area contributed by atoms with Crippen molar-refractivity contribution in [2.45, 2.75) is 32.4 Å². The highest BCUT2D eigenvalue weighted by Crippen LogP contribution is 2.09. The Hall–Kier alpha value is -0.970. The first-order valence-corrected chi connectivity index (χ1v) is 5.98. The molecule has 0 spiro atoms. The lowest BCUT2D eigenvalue weighted by Gasteiger charge is -2.10. The van der Waals surface area contributed by atoms with Gasteiger partial charge in [-0.1, -0.05) is 25.2 Å². The smallest absolute Gasteiger partial charge is 0.179 e. The maximum Gasteiger partial charge on any atom is 0.179 e. The van der Waals surface area contributed by atoms with Crippen molar-refractivity contribution in [1.82, 2.24) is 5.32 Å². The molecule has 1 unspecified atom stereocenters. The molecular weight excluding hydrogens is 218 g/mol. The Morgan fingerprint density at radius 3 is 2.88 bits per heavy atom. The summed E-state index contributed by atoms with van der Waals surface area (Å²) in [7, 11) is 1.78. The van der Waals surface area contributed by atoms with Crippen LogP contribution in [-0.2, 0) is 14.3 Å². The monoisotopic (exact) mass is 239 g/mol. The lowest BCUT2D eigenvalue weighted by Crippen LogP contribution is -2.31. The first kappa shape index (κ1) is 14.1. The summed E-state index contributed by atoms with van der Waals surface area (Å²) in [6, 6.07) is -0.168. The second kappa shape index (κ2) is 7.37. The van der Waals surface area contributed by atoms with Crippen LogP contribution in [0.2, 0.25) is 0 Å². The Morgan fingerprint density at radius 2 is 2.35 bits per heavy atom. The first-order chi connectivity index (χ1) is 8.19. The molecule has 0 amide bonds. The zero-order valence-corrected chi connectivity index (χ0v) is 10.7. The quantitative estimate of drug-likeness (QED) is 0.562. The lowest BCUT2D eigenvalue weighted by molar-refractivity contribution is -0.116. The molecule has 17 heavy (non-hydrogen) atoms. The minimum Gasteiger partial charge on any atom is -0.352 e. The summed E-state index contributed by atoms with van der Waals surface area (Å²) < 4.78 is 10.4. The second-order valence-electron chi connectivity index (χ2n) is 4.00. The minimum absolute atomic E-state index is 0.0343. The summed E-state index contributed by atoms with van der Waals surface area (Å²) in [4.78, 5) is 12.0. The summed E-state index contributed by atoms with van der Waals surface area (Å²) in [6.07, 6.45) is 6.45. The van der Waals surface area contributed by atoms with E-state index in [1.54, 1.807) is 7.05 Å². The van der Waals surface area contributed by atoms with E-state index >= 15 is 0 Å². The minimum atomic E-state index is -0.168. The van der Waals surface area contributed by atoms with Gasteiger partial charge in [0, 0.05) is 5.57 Å². The van der Waals surface area contributed by atoms with Gasteiger partial charge in [-0.2, -0.15) is 0 Å². The molecule has 1 N–H and O–H groups in total. The van der Waals surface area contributed by atoms with E-state index in [1.807, 2.05) is 32.1 Å². The molecule has 2 atom stereocenters. The summed E-state index contributed by atoms with van der Waals surface area (Å²) in [5.41, 5.74) is 0.727. The van der Waals surface area contributed by atoms with Crippen molar-refractivity contribution in [1.29, 1.82) is 0 Å². The van der Waals surface area contributed by atoms with Crippen LogP contribution in [0.3, 0.4) is 0 Å². The Bertz CT molecular complexity index is 304. The van der Waals surface area contributed by atoms with Crippen LogP contribution in [0, 0.1) is 0 Å². The number of carbonyl (C=O) groups excluding carboxylic acids is 1. The largest absolute Gasteiger partial charge is 0.352 e. The highest BCUT2D eigenvalue weighted by Gasteiger charge is 2.16. The van der Waals surface area contributed by atoms with E-state index in [4.69, 9.17) is 9.47 Å². The van der Waals surface area contributed by atoms with Gasteiger partial charge in [-0.3, -0.25) is 4.79 Å². The zero-order valence-electron chi connectivity index (χ0n) is 10.7. The van der Waals surface area contributed by atoms with Crippen LogP contribution in [0.5, 0.6) is 0 Å². The molecule has 1 saturated heterocycles. The highest BCUT2D eigenvalue weighted by molar-refractivity contribution is 6.01. The maximum atomic E-state index is 12.0. The van der Waals surface area contributed by atoms with Gasteiger partial charge in [0.05, 0.1) is 12.6 Å². The van der Waals surface area contributed by atoms with Gasteiger partial charge < -0.3 is 14.8 Å². The standard InChI is InChI=1S/C13H21NO3/c1-4-5-11(13(15)10(2)14-3)6-7-12-8-16-9-17-12/h5-7,10,12,14H,4,8-9H2,1-3H3/b7-6-,11-5+/t10-,12?/m1/s1. The molecule has 0 radical (unpaired) electrons. The third kappa shape index (κ3) is 4.42. The van der Waals surface area contributed by atoms with Crippen molar-refractivity contribution in [2.75, 3.05) is 20.4 Å². The molecule has 1 fully saturated rings. The van der Waals surface area contributed by atoms with E-state index in [0.29, 0.717) is 13.4 Å². The number of Topliss-reactive ketones (excluding diaryl/α,β-unsaturated/α-hetero) is 1. The van der Waals surface area contributed by atoms with E-state index < -0.39 is 0 Å². The van der Waals surface area contributed by atoms with Crippen LogP contribution in [0.25, 0.3) is 0 Å². The molecule has 1 aliphatic heterocycles. The average Bonchev–Trinajstić information content (AvgIpc) is 2.85. The Labute approximate surface area is 103 Å². The highest BCUT2D eigenvalue weighted by atomic mass is 16.7. The van der Waals surface area contributed by atoms with Gasteiger partial charge in [0.15, 0.2) is 5.78 Å². The van der Waals surface area contributed by atoms with Crippen LogP contribution in [0.4, 0.5) is 0 Å². The van der Waals surface area contributed by atoms with Gasteiger partial charge in [0.2, 0.25) is 0 Å². The summed E-state index contributed by atoms with van der Waals surface area (Å²) in [6.45, 7) is 4.77. The number of carbonyl (C=O) groups is 1. The van der Waals surface area contributed by atoms with Gasteiger partial charge in [0.25, 0.3) is 0 Å². The molecule has 0 saturated carbocycles.